The van der Waals surface area contributed by atoms with E-state index in [0.717, 1.165) is 77.0 Å². The van der Waals surface area contributed by atoms with Crippen molar-refractivity contribution in [3.63, 3.8) is 0 Å². The number of benzene rings is 4. The number of carbonyl (C=O) groups is 2. The average molecular weight is 641 g/mol. The van der Waals surface area contributed by atoms with E-state index >= 15 is 0 Å². The third-order valence-corrected chi connectivity index (χ3v) is 10.7. The zero-order valence-electron chi connectivity index (χ0n) is 27.8. The van der Waals surface area contributed by atoms with Crippen LogP contribution in [-0.2, 0) is 25.7 Å². The third-order valence-electron chi connectivity index (χ3n) is 10.7. The minimum Gasteiger partial charge on any atom is -0.331 e. The Kier molecular flexibility index (Phi) is 10.1. The summed E-state index contributed by atoms with van der Waals surface area (Å²) in [6, 6.07) is 34.3. The number of hydrogen-bond acceptors (Lipinski definition) is 2. The van der Waals surface area contributed by atoms with Crippen LogP contribution in [0.2, 0.25) is 0 Å². The molecule has 4 atom stereocenters. The maximum atomic E-state index is 12.6. The Balaban J connectivity index is 0.000000152. The van der Waals surface area contributed by atoms with Gasteiger partial charge in [-0.1, -0.05) is 97.1 Å². The van der Waals surface area contributed by atoms with E-state index in [1.165, 1.54) is 44.5 Å². The fourth-order valence-electron chi connectivity index (χ4n) is 8.33. The van der Waals surface area contributed by atoms with Crippen molar-refractivity contribution >= 4 is 12.1 Å². The van der Waals surface area contributed by atoms with Crippen molar-refractivity contribution in [2.24, 2.45) is 0 Å². The molecule has 6 heteroatoms. The van der Waals surface area contributed by atoms with E-state index in [0.29, 0.717) is 0 Å². The first kappa shape index (κ1) is 32.0. The molecule has 0 saturated heterocycles. The van der Waals surface area contributed by atoms with Gasteiger partial charge < -0.3 is 21.3 Å². The lowest BCUT2D eigenvalue weighted by molar-refractivity contribution is 0.229. The number of hydrogen-bond donors (Lipinski definition) is 4. The molecule has 4 aliphatic carbocycles. The van der Waals surface area contributed by atoms with Gasteiger partial charge in [0.2, 0.25) is 0 Å². The predicted octanol–water partition coefficient (Wildman–Crippen LogP) is 8.88. The number of amides is 4. The summed E-state index contributed by atoms with van der Waals surface area (Å²) >= 11 is 0. The van der Waals surface area contributed by atoms with Crippen molar-refractivity contribution in [1.29, 1.82) is 0 Å². The van der Waals surface area contributed by atoms with E-state index in [1.54, 1.807) is 0 Å². The lowest BCUT2D eigenvalue weighted by Gasteiger charge is -2.29. The summed E-state index contributed by atoms with van der Waals surface area (Å²) in [6.45, 7) is 0. The van der Waals surface area contributed by atoms with Crippen LogP contribution in [0.5, 0.6) is 0 Å². The number of rotatable bonds is 4. The van der Waals surface area contributed by atoms with Gasteiger partial charge in [0.15, 0.2) is 0 Å². The van der Waals surface area contributed by atoms with Crippen LogP contribution < -0.4 is 21.3 Å². The van der Waals surface area contributed by atoms with Crippen LogP contribution in [0.15, 0.2) is 97.1 Å². The summed E-state index contributed by atoms with van der Waals surface area (Å²) in [5.41, 5.74) is 10.6. The molecule has 4 amide bonds. The van der Waals surface area contributed by atoms with Crippen molar-refractivity contribution in [2.45, 2.75) is 101 Å². The Hall–Kier alpha value is -4.58. The fourth-order valence-corrected chi connectivity index (χ4v) is 8.33. The number of fused-ring (bicyclic) bond motifs is 4. The normalized spacial score (nSPS) is 22.2. The molecular weight excluding hydrogens is 592 g/mol. The lowest BCUT2D eigenvalue weighted by Crippen LogP contribution is -2.41. The molecule has 0 heterocycles. The van der Waals surface area contributed by atoms with Gasteiger partial charge >= 0.3 is 12.1 Å². The highest BCUT2D eigenvalue weighted by molar-refractivity contribution is 5.76. The average Bonchev–Trinajstić information content (AvgIpc) is 3.13. The quantitative estimate of drug-likeness (QED) is 0.180. The predicted molar refractivity (Wildman–Crippen MR) is 192 cm³/mol. The maximum absolute atomic E-state index is 12.6. The summed E-state index contributed by atoms with van der Waals surface area (Å²) in [6.07, 6.45) is 13.1. The molecule has 4 N–H and O–H groups in total. The second-order valence-corrected chi connectivity index (χ2v) is 13.8. The van der Waals surface area contributed by atoms with E-state index in [1.807, 2.05) is 0 Å². The Labute approximate surface area is 285 Å². The van der Waals surface area contributed by atoms with E-state index in [-0.39, 0.29) is 36.2 Å². The molecule has 6 nitrogen and oxygen atoms in total. The maximum Gasteiger partial charge on any atom is 0.315 e. The number of carbonyl (C=O) groups excluding carboxylic acids is 2. The first-order valence-corrected chi connectivity index (χ1v) is 18.1. The first-order valence-electron chi connectivity index (χ1n) is 18.1. The molecular formula is C42H48N4O2. The Morgan fingerprint density at radius 3 is 0.854 bits per heavy atom. The minimum atomic E-state index is -0.0431. The molecule has 4 aromatic rings. The first-order chi connectivity index (χ1) is 23.6. The second-order valence-electron chi connectivity index (χ2n) is 13.8. The minimum absolute atomic E-state index is 0.0431. The van der Waals surface area contributed by atoms with Gasteiger partial charge in [0.25, 0.3) is 0 Å². The van der Waals surface area contributed by atoms with Gasteiger partial charge in [-0.2, -0.15) is 0 Å². The van der Waals surface area contributed by atoms with Crippen LogP contribution in [0, 0.1) is 0 Å². The SMILES string of the molecule is O=C(N[C@H]1CCCc2ccccc21)N[C@H]1CCCc2ccccc21.O=C(N[C@H]1CCCc2ccccc21)N[C@H]1CCCc2ccccc21. The standard InChI is InChI=1S/2C21H24N2O/c2*24-21(22-19-13-5-9-15-7-1-3-11-17(15)19)23-20-14-6-10-16-8-2-4-12-18(16)20/h2*1-4,7-8,11-12,19-20H,5-6,9-10,13-14H2,(H2,22,23,24)/t2*19-,20-/m00/s1. The van der Waals surface area contributed by atoms with Crippen molar-refractivity contribution < 1.29 is 9.59 Å². The molecule has 0 unspecified atom stereocenters. The molecule has 0 fully saturated rings. The topological polar surface area (TPSA) is 82.3 Å². The largest absolute Gasteiger partial charge is 0.331 e. The van der Waals surface area contributed by atoms with Crippen LogP contribution in [0.4, 0.5) is 9.59 Å². The monoisotopic (exact) mass is 640 g/mol. The molecule has 4 aromatic carbocycles. The molecule has 4 aliphatic rings. The van der Waals surface area contributed by atoms with Crippen LogP contribution in [0.3, 0.4) is 0 Å². The molecule has 8 rings (SSSR count). The molecule has 0 radical (unpaired) electrons. The van der Waals surface area contributed by atoms with Gasteiger partial charge in [0.1, 0.15) is 0 Å². The lowest BCUT2D eigenvalue weighted by atomic mass is 9.87. The third kappa shape index (κ3) is 7.43. The summed E-state index contributed by atoms with van der Waals surface area (Å²) in [7, 11) is 0. The van der Waals surface area contributed by atoms with Gasteiger partial charge in [-0.05, 0) is 122 Å². The molecule has 48 heavy (non-hydrogen) atoms. The number of nitrogens with one attached hydrogen (secondary N) is 4. The molecule has 0 aliphatic heterocycles. The summed E-state index contributed by atoms with van der Waals surface area (Å²) in [5, 5.41) is 12.8. The van der Waals surface area contributed by atoms with Crippen molar-refractivity contribution in [2.75, 3.05) is 0 Å². The highest BCUT2D eigenvalue weighted by Crippen LogP contribution is 2.33. The van der Waals surface area contributed by atoms with Gasteiger partial charge in [-0.3, -0.25) is 0 Å². The molecule has 248 valence electrons. The van der Waals surface area contributed by atoms with Gasteiger partial charge in [-0.25, -0.2) is 9.59 Å². The fraction of sp³-hybridized carbons (Fsp3) is 0.381. The van der Waals surface area contributed by atoms with E-state index in [4.69, 9.17) is 0 Å². The van der Waals surface area contributed by atoms with E-state index in [9.17, 15) is 9.59 Å². The van der Waals surface area contributed by atoms with E-state index in [2.05, 4.69) is 118 Å². The summed E-state index contributed by atoms with van der Waals surface area (Å²) in [5.74, 6) is 0. The van der Waals surface area contributed by atoms with E-state index < -0.39 is 0 Å². The van der Waals surface area contributed by atoms with Gasteiger partial charge in [-0.15, -0.1) is 0 Å². The zero-order chi connectivity index (χ0) is 32.7. The van der Waals surface area contributed by atoms with Crippen LogP contribution in [-0.4, -0.2) is 12.1 Å². The molecule has 0 bridgehead atoms. The Morgan fingerprint density at radius 1 is 0.375 bits per heavy atom. The van der Waals surface area contributed by atoms with Crippen molar-refractivity contribution in [3.05, 3.63) is 142 Å². The second kappa shape index (κ2) is 15.1. The highest BCUT2D eigenvalue weighted by atomic mass is 16.2. The smallest absolute Gasteiger partial charge is 0.315 e. The van der Waals surface area contributed by atoms with Gasteiger partial charge in [0, 0.05) is 0 Å². The number of aryl methyl sites for hydroxylation is 4. The van der Waals surface area contributed by atoms with Crippen molar-refractivity contribution in [1.82, 2.24) is 21.3 Å². The van der Waals surface area contributed by atoms with Crippen molar-refractivity contribution in [3.8, 4) is 0 Å². The molecule has 0 spiro atoms. The number of urea groups is 2. The van der Waals surface area contributed by atoms with Gasteiger partial charge in [0.05, 0.1) is 24.2 Å². The Morgan fingerprint density at radius 2 is 0.604 bits per heavy atom. The molecule has 0 aromatic heterocycles. The van der Waals surface area contributed by atoms with Crippen LogP contribution >= 0.6 is 0 Å². The van der Waals surface area contributed by atoms with Crippen LogP contribution in [0.25, 0.3) is 0 Å². The zero-order valence-corrected chi connectivity index (χ0v) is 27.8. The molecule has 0 saturated carbocycles. The highest BCUT2D eigenvalue weighted by Gasteiger charge is 2.26. The summed E-state index contributed by atoms with van der Waals surface area (Å²) in [4.78, 5) is 25.2. The van der Waals surface area contributed by atoms with Crippen LogP contribution in [0.1, 0.15) is 120 Å². The summed E-state index contributed by atoms with van der Waals surface area (Å²) < 4.78 is 0. The Bertz CT molecular complexity index is 1480.